The zero-order valence-electron chi connectivity index (χ0n) is 38.7. The zero-order valence-corrected chi connectivity index (χ0v) is 39.5. The maximum atomic E-state index is 13.5. The largest absolute Gasteiger partial charge is 0.489 e. The second kappa shape index (κ2) is 17.7. The Morgan fingerprint density at radius 3 is 2.43 bits per heavy atom. The molecule has 16 heteroatoms. The summed E-state index contributed by atoms with van der Waals surface area (Å²) in [5.74, 6) is 1.49. The molecule has 1 N–H and O–H groups in total. The van der Waals surface area contributed by atoms with Crippen molar-refractivity contribution in [3.8, 4) is 34.3 Å². The molecule has 3 fully saturated rings. The number of benzene rings is 2. The molecular weight excluding hydrogens is 866 g/mol. The molecule has 6 aromatic rings. The number of hydrogen-bond acceptors (Lipinski definition) is 11. The molecule has 346 valence electrons. The molecule has 67 heavy (non-hydrogen) atoms. The van der Waals surface area contributed by atoms with E-state index in [-0.39, 0.29) is 40.8 Å². The fraction of sp³-hybridized carbons (Fsp3) is 0.451. The van der Waals surface area contributed by atoms with Gasteiger partial charge in [-0.2, -0.15) is 15.5 Å². The highest BCUT2D eigenvalue weighted by Crippen LogP contribution is 2.55. The highest BCUT2D eigenvalue weighted by atomic mass is 35.5. The maximum absolute atomic E-state index is 13.5. The SMILES string of the molecule is CC(=O)N1CCc2c(c(-c3cccc4cc(-c5cnn(CC6CCN(c7ncc(C(=O)NC8C(C)(C)C(Oc9ccc(C#N)c(Cl)c9)C8(C)C)cn7)CC6)c5)ncc34)nn2C2CCOCC2)C1. The Kier molecular flexibility index (Phi) is 11.7. The fourth-order valence-corrected chi connectivity index (χ4v) is 11.5. The summed E-state index contributed by atoms with van der Waals surface area (Å²) in [5.41, 5.74) is 6.19. The van der Waals surface area contributed by atoms with Gasteiger partial charge in [-0.3, -0.25) is 23.9 Å². The third kappa shape index (κ3) is 8.39. The molecule has 4 aliphatic rings. The first-order chi connectivity index (χ1) is 32.3. The van der Waals surface area contributed by atoms with Crippen molar-refractivity contribution in [2.45, 2.75) is 98.0 Å². The normalized spacial score (nSPS) is 20.5. The summed E-state index contributed by atoms with van der Waals surface area (Å²) in [6.07, 6.45) is 13.5. The molecule has 2 aromatic carbocycles. The molecule has 4 aromatic heterocycles. The van der Waals surface area contributed by atoms with Crippen molar-refractivity contribution in [2.75, 3.05) is 37.7 Å². The number of pyridine rings is 1. The fourth-order valence-electron chi connectivity index (χ4n) is 11.3. The third-order valence-corrected chi connectivity index (χ3v) is 15.0. The van der Waals surface area contributed by atoms with Gasteiger partial charge in [-0.05, 0) is 55.2 Å². The Morgan fingerprint density at radius 2 is 1.72 bits per heavy atom. The predicted octanol–water partition coefficient (Wildman–Crippen LogP) is 8.06. The number of aromatic nitrogens is 7. The molecule has 10 rings (SSSR count). The van der Waals surface area contributed by atoms with Gasteiger partial charge in [0.1, 0.15) is 17.9 Å². The number of nitrogens with one attached hydrogen (secondary N) is 1. The first kappa shape index (κ1) is 44.5. The van der Waals surface area contributed by atoms with E-state index in [0.29, 0.717) is 46.9 Å². The summed E-state index contributed by atoms with van der Waals surface area (Å²) in [6.45, 7) is 15.1. The number of carbonyl (C=O) groups excluding carboxylic acids is 2. The Hall–Kier alpha value is -6.37. The smallest absolute Gasteiger partial charge is 0.254 e. The first-order valence-corrected chi connectivity index (χ1v) is 23.8. The molecule has 0 spiro atoms. The molecule has 1 aliphatic carbocycles. The minimum absolute atomic E-state index is 0.0842. The van der Waals surface area contributed by atoms with E-state index in [1.54, 1.807) is 37.5 Å². The van der Waals surface area contributed by atoms with Crippen LogP contribution in [0.4, 0.5) is 5.95 Å². The van der Waals surface area contributed by atoms with E-state index in [9.17, 15) is 14.9 Å². The lowest BCUT2D eigenvalue weighted by Crippen LogP contribution is -2.74. The number of nitriles is 1. The summed E-state index contributed by atoms with van der Waals surface area (Å²) in [7, 11) is 0. The Bertz CT molecular complexity index is 2870. The van der Waals surface area contributed by atoms with E-state index in [1.807, 2.05) is 22.0 Å². The van der Waals surface area contributed by atoms with Gasteiger partial charge in [0.2, 0.25) is 11.9 Å². The highest BCUT2D eigenvalue weighted by molar-refractivity contribution is 6.31. The van der Waals surface area contributed by atoms with Crippen molar-refractivity contribution in [2.24, 2.45) is 16.7 Å². The van der Waals surface area contributed by atoms with E-state index >= 15 is 0 Å². The summed E-state index contributed by atoms with van der Waals surface area (Å²) < 4.78 is 16.3. The summed E-state index contributed by atoms with van der Waals surface area (Å²) in [5, 5.41) is 25.0. The van der Waals surface area contributed by atoms with Crippen LogP contribution in [0.5, 0.6) is 5.75 Å². The third-order valence-electron chi connectivity index (χ3n) is 14.7. The van der Waals surface area contributed by atoms with E-state index < -0.39 is 0 Å². The van der Waals surface area contributed by atoms with Gasteiger partial charge in [-0.25, -0.2) is 9.97 Å². The van der Waals surface area contributed by atoms with Crippen molar-refractivity contribution < 1.29 is 19.1 Å². The van der Waals surface area contributed by atoms with Crippen LogP contribution in [-0.4, -0.2) is 96.2 Å². The Balaban J connectivity index is 0.754. The second-order valence-electron chi connectivity index (χ2n) is 19.8. The van der Waals surface area contributed by atoms with Crippen molar-refractivity contribution in [1.29, 1.82) is 5.26 Å². The molecule has 0 atom stereocenters. The molecular formula is C51H56ClN11O4. The molecule has 1 saturated carbocycles. The molecule has 0 radical (unpaired) electrons. The van der Waals surface area contributed by atoms with Crippen molar-refractivity contribution in [3.05, 3.63) is 101 Å². The van der Waals surface area contributed by atoms with E-state index in [4.69, 9.17) is 36.3 Å². The highest BCUT2D eigenvalue weighted by Gasteiger charge is 2.64. The van der Waals surface area contributed by atoms with E-state index in [0.717, 1.165) is 104 Å². The van der Waals surface area contributed by atoms with Crippen LogP contribution in [0.25, 0.3) is 33.3 Å². The van der Waals surface area contributed by atoms with Gasteiger partial charge >= 0.3 is 0 Å². The average molecular weight is 923 g/mol. The van der Waals surface area contributed by atoms with Gasteiger partial charge < -0.3 is 24.6 Å². The van der Waals surface area contributed by atoms with E-state index in [2.05, 4.69) is 89.1 Å². The second-order valence-corrected chi connectivity index (χ2v) is 20.2. The van der Waals surface area contributed by atoms with Gasteiger partial charge in [0.15, 0.2) is 0 Å². The van der Waals surface area contributed by atoms with Crippen LogP contribution >= 0.6 is 11.6 Å². The van der Waals surface area contributed by atoms with Gasteiger partial charge in [0.25, 0.3) is 5.91 Å². The number of rotatable bonds is 10. The van der Waals surface area contributed by atoms with Crippen LogP contribution in [0.15, 0.2) is 73.4 Å². The lowest BCUT2D eigenvalue weighted by molar-refractivity contribution is -0.164. The zero-order chi connectivity index (χ0) is 46.6. The van der Waals surface area contributed by atoms with Gasteiger partial charge in [0.05, 0.1) is 39.8 Å². The van der Waals surface area contributed by atoms with Crippen molar-refractivity contribution in [1.82, 2.24) is 44.7 Å². The number of piperidine rings is 1. The van der Waals surface area contributed by atoms with Gasteiger partial charge in [-0.1, -0.05) is 57.5 Å². The topological polar surface area (TPSA) is 169 Å². The van der Waals surface area contributed by atoms with Crippen molar-refractivity contribution in [3.63, 3.8) is 0 Å². The number of carbonyl (C=O) groups is 2. The molecule has 0 unspecified atom stereocenters. The van der Waals surface area contributed by atoms with Gasteiger partial charge in [-0.15, -0.1) is 0 Å². The van der Waals surface area contributed by atoms with Gasteiger partial charge in [0, 0.05) is 135 Å². The summed E-state index contributed by atoms with van der Waals surface area (Å²) >= 11 is 6.27. The number of ether oxygens (including phenoxy) is 2. The van der Waals surface area contributed by atoms with Crippen LogP contribution in [-0.2, 0) is 29.0 Å². The van der Waals surface area contributed by atoms with Crippen LogP contribution < -0.4 is 15.0 Å². The minimum atomic E-state index is -0.388. The number of amides is 2. The predicted molar refractivity (Wildman–Crippen MR) is 254 cm³/mol. The minimum Gasteiger partial charge on any atom is -0.489 e. The quantitative estimate of drug-likeness (QED) is 0.141. The average Bonchev–Trinajstić information content (AvgIpc) is 3.97. The number of anilines is 1. The first-order valence-electron chi connectivity index (χ1n) is 23.4. The number of nitrogens with zero attached hydrogens (tertiary/aromatic N) is 10. The molecule has 0 bridgehead atoms. The lowest BCUT2D eigenvalue weighted by atomic mass is 9.49. The standard InChI is InChI=1S/C51H56ClN11O4/c1-31(64)61-18-13-44-41(30-61)45(59-63(44)37-14-19-66-20-15-37)39-8-6-7-33-21-43(54-27-40(33)39)36-26-57-62(29-36)28-32-11-16-60(17-12-32)49-55-24-35(25-56-49)46(65)58-47-50(2,3)48(51(47,4)5)67-38-10-9-34(23-53)42(52)22-38/h6-10,21-22,24-27,29,32,37,47-48H,11-20,28,30H2,1-5H3,(H,58,65). The molecule has 7 heterocycles. The molecule has 3 aliphatic heterocycles. The summed E-state index contributed by atoms with van der Waals surface area (Å²) in [4.78, 5) is 44.3. The number of hydrogen-bond donors (Lipinski definition) is 1. The van der Waals surface area contributed by atoms with Crippen LogP contribution in [0, 0.1) is 28.1 Å². The molecule has 2 amide bonds. The monoisotopic (exact) mass is 921 g/mol. The maximum Gasteiger partial charge on any atom is 0.254 e. The molecule has 2 saturated heterocycles. The van der Waals surface area contributed by atoms with Crippen LogP contribution in [0.3, 0.4) is 0 Å². The molecule has 15 nitrogen and oxygen atoms in total. The lowest BCUT2D eigenvalue weighted by Gasteiger charge is -2.63. The summed E-state index contributed by atoms with van der Waals surface area (Å²) in [6, 6.07) is 15.7. The number of halogens is 1. The van der Waals surface area contributed by atoms with Crippen LogP contribution in [0.1, 0.15) is 93.5 Å². The number of fused-ring (bicyclic) bond motifs is 2. The van der Waals surface area contributed by atoms with Crippen molar-refractivity contribution >= 4 is 40.1 Å². The van der Waals surface area contributed by atoms with E-state index in [1.165, 1.54) is 5.69 Å². The Labute approximate surface area is 395 Å². The van der Waals surface area contributed by atoms with Crippen LogP contribution in [0.2, 0.25) is 5.02 Å². The Morgan fingerprint density at radius 1 is 0.955 bits per heavy atom.